The van der Waals surface area contributed by atoms with Crippen molar-refractivity contribution >= 4 is 21.5 Å². The van der Waals surface area contributed by atoms with Gasteiger partial charge in [0.15, 0.2) is 0 Å². The summed E-state index contributed by atoms with van der Waals surface area (Å²) in [4.78, 5) is 0. The van der Waals surface area contributed by atoms with E-state index >= 15 is 0 Å². The first-order valence-corrected chi connectivity index (χ1v) is 13.9. The lowest BCUT2D eigenvalue weighted by atomic mass is 9.88. The molecule has 202 valence electrons. The summed E-state index contributed by atoms with van der Waals surface area (Å²) in [5, 5.41) is 4.26. The van der Waals surface area contributed by atoms with Gasteiger partial charge < -0.3 is 9.47 Å². The van der Waals surface area contributed by atoms with Crippen molar-refractivity contribution in [3.8, 4) is 46.3 Å². The minimum Gasteiger partial charge on any atom is -0.495 e. The SMILES string of the molecule is COc1c(C#Cc2cccc(C)c2)cc2ccccc2c1-c1c(OC)c(C#Cc2cccc(C)c2)cc2ccccc12. The van der Waals surface area contributed by atoms with Crippen LogP contribution < -0.4 is 9.47 Å². The molecule has 0 atom stereocenters. The lowest BCUT2D eigenvalue weighted by Crippen LogP contribution is -1.99. The number of hydrogen-bond acceptors (Lipinski definition) is 2. The number of aryl methyl sites for hydroxylation is 2. The minimum absolute atomic E-state index is 0.709. The Labute approximate surface area is 247 Å². The van der Waals surface area contributed by atoms with Crippen LogP contribution in [0.1, 0.15) is 33.4 Å². The average Bonchev–Trinajstić information content (AvgIpc) is 3.01. The van der Waals surface area contributed by atoms with Gasteiger partial charge in [-0.1, -0.05) is 96.5 Å². The maximum Gasteiger partial charge on any atom is 0.143 e. The summed E-state index contributed by atoms with van der Waals surface area (Å²) in [7, 11) is 3.42. The monoisotopic (exact) mass is 542 g/mol. The third-order valence-corrected chi connectivity index (χ3v) is 7.38. The molecule has 0 fully saturated rings. The van der Waals surface area contributed by atoms with Gasteiger partial charge >= 0.3 is 0 Å². The summed E-state index contributed by atoms with van der Waals surface area (Å²) in [6, 6.07) is 37.4. The van der Waals surface area contributed by atoms with Crippen molar-refractivity contribution in [3.63, 3.8) is 0 Å². The van der Waals surface area contributed by atoms with Crippen LogP contribution in [0.3, 0.4) is 0 Å². The summed E-state index contributed by atoms with van der Waals surface area (Å²) in [5.74, 6) is 15.0. The third kappa shape index (κ3) is 5.19. The van der Waals surface area contributed by atoms with E-state index in [0.29, 0.717) is 11.5 Å². The summed E-state index contributed by atoms with van der Waals surface area (Å²) in [5.41, 5.74) is 7.78. The average molecular weight is 543 g/mol. The van der Waals surface area contributed by atoms with Crippen LogP contribution in [0.4, 0.5) is 0 Å². The molecular weight excluding hydrogens is 512 g/mol. The van der Waals surface area contributed by atoms with Crippen LogP contribution in [-0.2, 0) is 0 Å². The molecule has 0 aliphatic heterocycles. The number of benzene rings is 6. The van der Waals surface area contributed by atoms with Crippen molar-refractivity contribution in [2.24, 2.45) is 0 Å². The van der Waals surface area contributed by atoms with Crippen molar-refractivity contribution in [1.82, 2.24) is 0 Å². The predicted octanol–water partition coefficient (Wildman–Crippen LogP) is 9.09. The smallest absolute Gasteiger partial charge is 0.143 e. The van der Waals surface area contributed by atoms with Crippen molar-refractivity contribution < 1.29 is 9.47 Å². The molecule has 0 saturated carbocycles. The molecule has 0 bridgehead atoms. The molecule has 0 N–H and O–H groups in total. The molecule has 42 heavy (non-hydrogen) atoms. The molecule has 6 aromatic carbocycles. The highest BCUT2D eigenvalue weighted by molar-refractivity contribution is 6.11. The lowest BCUT2D eigenvalue weighted by Gasteiger charge is -2.20. The van der Waals surface area contributed by atoms with E-state index in [1.807, 2.05) is 24.3 Å². The molecular formula is C40H30O2. The Kier molecular flexibility index (Phi) is 7.38. The van der Waals surface area contributed by atoms with Crippen LogP contribution in [0.2, 0.25) is 0 Å². The summed E-state index contributed by atoms with van der Waals surface area (Å²) in [6.07, 6.45) is 0. The first kappa shape index (κ1) is 26.8. The van der Waals surface area contributed by atoms with Crippen LogP contribution in [0.15, 0.2) is 109 Å². The van der Waals surface area contributed by atoms with E-state index in [-0.39, 0.29) is 0 Å². The van der Waals surface area contributed by atoms with Crippen molar-refractivity contribution in [3.05, 3.63) is 143 Å². The molecule has 0 spiro atoms. The van der Waals surface area contributed by atoms with E-state index in [2.05, 4.69) is 122 Å². The van der Waals surface area contributed by atoms with E-state index in [1.165, 1.54) is 11.1 Å². The molecule has 6 rings (SSSR count). The fourth-order valence-corrected chi connectivity index (χ4v) is 5.49. The molecule has 2 heteroatoms. The lowest BCUT2D eigenvalue weighted by molar-refractivity contribution is 0.410. The highest BCUT2D eigenvalue weighted by Crippen LogP contribution is 2.48. The first-order valence-electron chi connectivity index (χ1n) is 13.9. The Hall–Kier alpha value is -5.44. The fourth-order valence-electron chi connectivity index (χ4n) is 5.49. The Balaban J connectivity index is 1.68. The molecule has 0 heterocycles. The Bertz CT molecular complexity index is 1940. The molecule has 6 aromatic rings. The maximum atomic E-state index is 6.19. The van der Waals surface area contributed by atoms with Gasteiger partial charge in [-0.3, -0.25) is 0 Å². The van der Waals surface area contributed by atoms with E-state index in [9.17, 15) is 0 Å². The Morgan fingerprint density at radius 1 is 0.452 bits per heavy atom. The Morgan fingerprint density at radius 3 is 1.29 bits per heavy atom. The van der Waals surface area contributed by atoms with Gasteiger partial charge in [-0.05, 0) is 82.9 Å². The van der Waals surface area contributed by atoms with E-state index in [0.717, 1.165) is 54.9 Å². The molecule has 0 aliphatic rings. The molecule has 0 radical (unpaired) electrons. The van der Waals surface area contributed by atoms with Gasteiger partial charge in [0.2, 0.25) is 0 Å². The minimum atomic E-state index is 0.709. The summed E-state index contributed by atoms with van der Waals surface area (Å²) < 4.78 is 12.4. The zero-order chi connectivity index (χ0) is 29.1. The fraction of sp³-hybridized carbons (Fsp3) is 0.100. The number of hydrogen-bond donors (Lipinski definition) is 0. The number of rotatable bonds is 3. The van der Waals surface area contributed by atoms with Crippen LogP contribution in [0.25, 0.3) is 32.7 Å². The Morgan fingerprint density at radius 2 is 0.881 bits per heavy atom. The summed E-state index contributed by atoms with van der Waals surface area (Å²) >= 11 is 0. The maximum absolute atomic E-state index is 6.19. The van der Waals surface area contributed by atoms with Gasteiger partial charge in [0.25, 0.3) is 0 Å². The third-order valence-electron chi connectivity index (χ3n) is 7.38. The number of methoxy groups -OCH3 is 2. The zero-order valence-corrected chi connectivity index (χ0v) is 24.2. The van der Waals surface area contributed by atoms with Gasteiger partial charge in [0.05, 0.1) is 25.3 Å². The van der Waals surface area contributed by atoms with Gasteiger partial charge in [0.1, 0.15) is 11.5 Å². The van der Waals surface area contributed by atoms with E-state index in [1.54, 1.807) is 14.2 Å². The van der Waals surface area contributed by atoms with Crippen molar-refractivity contribution in [2.75, 3.05) is 14.2 Å². The van der Waals surface area contributed by atoms with E-state index < -0.39 is 0 Å². The molecule has 2 nitrogen and oxygen atoms in total. The second-order valence-corrected chi connectivity index (χ2v) is 10.3. The van der Waals surface area contributed by atoms with Crippen LogP contribution in [0, 0.1) is 37.5 Å². The highest BCUT2D eigenvalue weighted by atomic mass is 16.5. The van der Waals surface area contributed by atoms with Gasteiger partial charge in [-0.2, -0.15) is 0 Å². The second-order valence-electron chi connectivity index (χ2n) is 10.3. The standard InChI is InChI=1S/C40H30O2/c1-27-11-9-13-29(23-27)19-21-33-25-31-15-5-7-17-35(31)37(39(33)41-3)38-36-18-8-6-16-32(36)26-34(40(38)42-4)22-20-30-14-10-12-28(2)24-30/h5-18,23-26H,1-4H3. The number of fused-ring (bicyclic) bond motifs is 2. The molecule has 0 aliphatic carbocycles. The molecule has 0 amide bonds. The first-order chi connectivity index (χ1) is 20.6. The predicted molar refractivity (Wildman–Crippen MR) is 174 cm³/mol. The van der Waals surface area contributed by atoms with Crippen LogP contribution in [-0.4, -0.2) is 14.2 Å². The van der Waals surface area contributed by atoms with Gasteiger partial charge in [0, 0.05) is 22.3 Å². The zero-order valence-electron chi connectivity index (χ0n) is 24.2. The quantitative estimate of drug-likeness (QED) is 0.208. The summed E-state index contributed by atoms with van der Waals surface area (Å²) in [6.45, 7) is 4.15. The van der Waals surface area contributed by atoms with E-state index in [4.69, 9.17) is 9.47 Å². The molecule has 0 saturated heterocycles. The van der Waals surface area contributed by atoms with Gasteiger partial charge in [-0.25, -0.2) is 0 Å². The molecule has 0 aromatic heterocycles. The molecule has 0 unspecified atom stereocenters. The normalized spacial score (nSPS) is 10.5. The van der Waals surface area contributed by atoms with Crippen LogP contribution in [0.5, 0.6) is 11.5 Å². The number of ether oxygens (including phenoxy) is 2. The van der Waals surface area contributed by atoms with Crippen molar-refractivity contribution in [1.29, 1.82) is 0 Å². The largest absolute Gasteiger partial charge is 0.495 e. The van der Waals surface area contributed by atoms with Crippen molar-refractivity contribution in [2.45, 2.75) is 13.8 Å². The topological polar surface area (TPSA) is 18.5 Å². The van der Waals surface area contributed by atoms with Gasteiger partial charge in [-0.15, -0.1) is 0 Å². The highest BCUT2D eigenvalue weighted by Gasteiger charge is 2.23. The van der Waals surface area contributed by atoms with Crippen LogP contribution >= 0.6 is 0 Å². The second kappa shape index (κ2) is 11.6.